The van der Waals surface area contributed by atoms with E-state index < -0.39 is 0 Å². The third-order valence-corrected chi connectivity index (χ3v) is 4.81. The first-order valence-corrected chi connectivity index (χ1v) is 9.16. The lowest BCUT2D eigenvalue weighted by Crippen LogP contribution is -2.18. The Hall–Kier alpha value is -2.29. The molecule has 0 aliphatic rings. The van der Waals surface area contributed by atoms with Crippen LogP contribution in [0.1, 0.15) is 10.4 Å². The predicted molar refractivity (Wildman–Crippen MR) is 102 cm³/mol. The molecule has 2 aromatic heterocycles. The summed E-state index contributed by atoms with van der Waals surface area (Å²) in [5.41, 5.74) is 1.59. The first kappa shape index (κ1) is 18.5. The van der Waals surface area contributed by atoms with Gasteiger partial charge in [-0.2, -0.15) is 0 Å². The molecule has 0 saturated carbocycles. The van der Waals surface area contributed by atoms with Crippen molar-refractivity contribution >= 4 is 58.1 Å². The number of pyridine rings is 1. The number of thioether (sulfide) groups is 1. The quantitative estimate of drug-likeness (QED) is 0.631. The Morgan fingerprint density at radius 2 is 1.92 bits per heavy atom. The van der Waals surface area contributed by atoms with Gasteiger partial charge in [-0.25, -0.2) is 0 Å². The van der Waals surface area contributed by atoms with Crippen LogP contribution in [0.3, 0.4) is 0 Å². The molecule has 2 amide bonds. The number of aromatic nitrogens is 3. The smallest absolute Gasteiger partial charge is 0.251 e. The molecule has 0 aliphatic heterocycles. The van der Waals surface area contributed by atoms with E-state index in [1.165, 1.54) is 11.8 Å². The van der Waals surface area contributed by atoms with E-state index in [0.717, 1.165) is 0 Å². The third-order valence-electron chi connectivity index (χ3n) is 3.39. The molecule has 0 atom stereocenters. The monoisotopic (exact) mass is 409 g/mol. The minimum absolute atomic E-state index is 0.127. The lowest BCUT2D eigenvalue weighted by Gasteiger charge is -2.06. The second kappa shape index (κ2) is 7.94. The largest absolute Gasteiger partial charge is 0.355 e. The van der Waals surface area contributed by atoms with Gasteiger partial charge >= 0.3 is 0 Å². The highest BCUT2D eigenvalue weighted by Gasteiger charge is 2.12. The zero-order valence-electron chi connectivity index (χ0n) is 13.5. The molecule has 2 N–H and O–H groups in total. The van der Waals surface area contributed by atoms with Crippen LogP contribution < -0.4 is 10.6 Å². The number of amides is 2. The molecule has 7 nitrogen and oxygen atoms in total. The Balaban J connectivity index is 1.63. The van der Waals surface area contributed by atoms with Gasteiger partial charge in [-0.3, -0.25) is 14.0 Å². The molecule has 0 bridgehead atoms. The van der Waals surface area contributed by atoms with Crippen molar-refractivity contribution in [2.45, 2.75) is 5.16 Å². The van der Waals surface area contributed by atoms with Gasteiger partial charge in [0.15, 0.2) is 10.8 Å². The number of carbonyl (C=O) groups excluding carboxylic acids is 2. The summed E-state index contributed by atoms with van der Waals surface area (Å²) in [5, 5.41) is 14.7. The summed E-state index contributed by atoms with van der Waals surface area (Å²) < 4.78 is 1.64. The molecule has 0 fully saturated rings. The first-order chi connectivity index (χ1) is 12.5. The van der Waals surface area contributed by atoms with Crippen LogP contribution in [0.15, 0.2) is 41.7 Å². The van der Waals surface area contributed by atoms with Crippen LogP contribution in [-0.4, -0.2) is 39.2 Å². The zero-order valence-corrected chi connectivity index (χ0v) is 15.8. The van der Waals surface area contributed by atoms with Gasteiger partial charge in [0.05, 0.1) is 15.8 Å². The van der Waals surface area contributed by atoms with Gasteiger partial charge in [-0.15, -0.1) is 10.2 Å². The number of nitrogens with one attached hydrogen (secondary N) is 2. The average Bonchev–Trinajstić information content (AvgIpc) is 3.03. The number of hydrogen-bond acceptors (Lipinski definition) is 5. The lowest BCUT2D eigenvalue weighted by atomic mass is 10.2. The van der Waals surface area contributed by atoms with Crippen LogP contribution in [0.25, 0.3) is 5.65 Å². The second-order valence-electron chi connectivity index (χ2n) is 5.18. The molecule has 2 heterocycles. The standard InChI is InChI=1S/C16H13Cl2N5O2S/c1-19-15(25)9-2-4-11(5-3-9)20-13(24)8-26-16-22-21-14-12(18)6-10(17)7-23(14)16/h2-7H,8H2,1H3,(H,19,25)(H,20,24). The number of benzene rings is 1. The van der Waals surface area contributed by atoms with Gasteiger partial charge in [0.1, 0.15) is 0 Å². The number of nitrogens with zero attached hydrogens (tertiary/aromatic N) is 3. The highest BCUT2D eigenvalue weighted by atomic mass is 35.5. The van der Waals surface area contributed by atoms with E-state index in [1.807, 2.05) is 0 Å². The number of fused-ring (bicyclic) bond motifs is 1. The summed E-state index contributed by atoms with van der Waals surface area (Å²) in [7, 11) is 1.56. The van der Waals surface area contributed by atoms with E-state index in [-0.39, 0.29) is 17.6 Å². The van der Waals surface area contributed by atoms with Crippen LogP contribution in [0, 0.1) is 0 Å². The number of rotatable bonds is 5. The molecule has 0 saturated heterocycles. The van der Waals surface area contributed by atoms with E-state index in [4.69, 9.17) is 23.2 Å². The van der Waals surface area contributed by atoms with Crippen molar-refractivity contribution in [1.82, 2.24) is 19.9 Å². The van der Waals surface area contributed by atoms with Crippen molar-refractivity contribution in [2.24, 2.45) is 0 Å². The topological polar surface area (TPSA) is 88.4 Å². The molecule has 0 spiro atoms. The van der Waals surface area contributed by atoms with Crippen LogP contribution in [0.4, 0.5) is 5.69 Å². The molecule has 134 valence electrons. The number of hydrogen-bond donors (Lipinski definition) is 2. The van der Waals surface area contributed by atoms with E-state index in [0.29, 0.717) is 32.1 Å². The second-order valence-corrected chi connectivity index (χ2v) is 6.96. The summed E-state index contributed by atoms with van der Waals surface area (Å²) >= 11 is 13.3. The molecule has 0 aliphatic carbocycles. The van der Waals surface area contributed by atoms with Crippen molar-refractivity contribution in [3.63, 3.8) is 0 Å². The van der Waals surface area contributed by atoms with Crippen LogP contribution in [0.2, 0.25) is 10.0 Å². The first-order valence-electron chi connectivity index (χ1n) is 7.42. The van der Waals surface area contributed by atoms with Gasteiger partial charge in [0.2, 0.25) is 5.91 Å². The molecule has 3 rings (SSSR count). The molecule has 3 aromatic rings. The van der Waals surface area contributed by atoms with Gasteiger partial charge in [-0.1, -0.05) is 35.0 Å². The number of halogens is 2. The maximum absolute atomic E-state index is 12.1. The Bertz CT molecular complexity index is 975. The minimum Gasteiger partial charge on any atom is -0.355 e. The van der Waals surface area contributed by atoms with Crippen molar-refractivity contribution in [1.29, 1.82) is 0 Å². The Morgan fingerprint density at radius 3 is 2.62 bits per heavy atom. The summed E-state index contributed by atoms with van der Waals surface area (Å²) in [5.74, 6) is -0.274. The van der Waals surface area contributed by atoms with Gasteiger partial charge in [0.25, 0.3) is 5.91 Å². The minimum atomic E-state index is -0.215. The summed E-state index contributed by atoms with van der Waals surface area (Å²) in [6, 6.07) is 8.18. The van der Waals surface area contributed by atoms with E-state index in [9.17, 15) is 9.59 Å². The number of anilines is 1. The van der Waals surface area contributed by atoms with Crippen molar-refractivity contribution < 1.29 is 9.59 Å². The van der Waals surface area contributed by atoms with Crippen molar-refractivity contribution in [2.75, 3.05) is 18.1 Å². The Kier molecular flexibility index (Phi) is 5.65. The Labute approximate surface area is 163 Å². The normalized spacial score (nSPS) is 10.7. The molecular formula is C16H13Cl2N5O2S. The van der Waals surface area contributed by atoms with Crippen LogP contribution in [0.5, 0.6) is 0 Å². The molecule has 0 unspecified atom stereocenters. The van der Waals surface area contributed by atoms with E-state index in [2.05, 4.69) is 20.8 Å². The maximum Gasteiger partial charge on any atom is 0.251 e. The summed E-state index contributed by atoms with van der Waals surface area (Å²) in [6.45, 7) is 0. The van der Waals surface area contributed by atoms with Gasteiger partial charge in [-0.05, 0) is 30.3 Å². The Morgan fingerprint density at radius 1 is 1.19 bits per heavy atom. The van der Waals surface area contributed by atoms with E-state index in [1.54, 1.807) is 48.0 Å². The molecule has 10 heteroatoms. The summed E-state index contributed by atoms with van der Waals surface area (Å²) in [4.78, 5) is 23.6. The highest BCUT2D eigenvalue weighted by Crippen LogP contribution is 2.25. The molecule has 1 aromatic carbocycles. The van der Waals surface area contributed by atoms with Gasteiger partial charge < -0.3 is 10.6 Å². The average molecular weight is 410 g/mol. The fourth-order valence-electron chi connectivity index (χ4n) is 2.18. The maximum atomic E-state index is 12.1. The number of carbonyl (C=O) groups is 2. The third kappa shape index (κ3) is 4.09. The summed E-state index contributed by atoms with van der Waals surface area (Å²) in [6.07, 6.45) is 1.64. The molecular weight excluding hydrogens is 397 g/mol. The predicted octanol–water partition coefficient (Wildman–Crippen LogP) is 3.13. The van der Waals surface area contributed by atoms with Crippen molar-refractivity contribution in [3.05, 3.63) is 52.1 Å². The van der Waals surface area contributed by atoms with Crippen LogP contribution >= 0.6 is 35.0 Å². The molecule has 26 heavy (non-hydrogen) atoms. The highest BCUT2D eigenvalue weighted by molar-refractivity contribution is 7.99. The lowest BCUT2D eigenvalue weighted by molar-refractivity contribution is -0.113. The zero-order chi connectivity index (χ0) is 18.7. The van der Waals surface area contributed by atoms with Crippen LogP contribution in [-0.2, 0) is 4.79 Å². The SMILES string of the molecule is CNC(=O)c1ccc(NC(=O)CSc2nnc3c(Cl)cc(Cl)cn23)cc1. The molecule has 0 radical (unpaired) electrons. The van der Waals surface area contributed by atoms with E-state index >= 15 is 0 Å². The fraction of sp³-hybridized carbons (Fsp3) is 0.125. The van der Waals surface area contributed by atoms with Gasteiger partial charge in [0, 0.05) is 24.5 Å². The fourth-order valence-corrected chi connectivity index (χ4v) is 3.40. The van der Waals surface area contributed by atoms with Crippen molar-refractivity contribution in [3.8, 4) is 0 Å².